The maximum Gasteiger partial charge on any atom is 0.371 e. The van der Waals surface area contributed by atoms with Gasteiger partial charge in [-0.15, -0.1) is 0 Å². The number of rotatable bonds is 4. The number of aliphatic hydroxyl groups is 1. The van der Waals surface area contributed by atoms with E-state index in [2.05, 4.69) is 4.99 Å². The molecule has 2 heterocycles. The van der Waals surface area contributed by atoms with Gasteiger partial charge in [0.15, 0.2) is 11.5 Å². The lowest BCUT2D eigenvalue weighted by Gasteiger charge is -2.20. The van der Waals surface area contributed by atoms with Gasteiger partial charge in [-0.1, -0.05) is 0 Å². The maximum absolute atomic E-state index is 12.1. The van der Waals surface area contributed by atoms with Crippen LogP contribution in [0.1, 0.15) is 0 Å². The minimum absolute atomic E-state index is 0. The second-order valence-corrected chi connectivity index (χ2v) is 4.26. The number of nitrogens with zero attached hydrogens (tertiary/aromatic N) is 3. The van der Waals surface area contributed by atoms with Gasteiger partial charge in [0, 0.05) is 7.05 Å². The number of aliphatic hydroxyl groups excluding tert-OH is 1. The number of aliphatic imine (C=N–C) groups is 1. The summed E-state index contributed by atoms with van der Waals surface area (Å²) in [7, 11) is 3.49. The molecule has 1 unspecified atom stereocenters. The van der Waals surface area contributed by atoms with Crippen molar-refractivity contribution < 1.29 is 43.5 Å². The average Bonchev–Trinajstić information content (AvgIpc) is 2.63. The molecular weight excluding hydrogens is 365 g/mol. The first-order chi connectivity index (χ1) is 8.56. The Morgan fingerprint density at radius 3 is 2.89 bits per heavy atom. The smallest absolute Gasteiger partial charge is 0.371 e. The SMILES string of the molecule is CN1CN(COCCO)C2=C1C(=O)[NH+](C)C(N)=N2.[I-]. The Balaban J connectivity index is 0.00000180. The topological polar surface area (TPSA) is 95.8 Å². The predicted molar refractivity (Wildman–Crippen MR) is 62.9 cm³/mol. The van der Waals surface area contributed by atoms with Gasteiger partial charge in [-0.25, -0.2) is 9.69 Å². The lowest BCUT2D eigenvalue weighted by Crippen LogP contribution is -3.16. The largest absolute Gasteiger partial charge is 1.00 e. The van der Waals surface area contributed by atoms with Crippen molar-refractivity contribution in [2.24, 2.45) is 10.7 Å². The molecule has 108 valence electrons. The van der Waals surface area contributed by atoms with Gasteiger partial charge in [-0.3, -0.25) is 0 Å². The van der Waals surface area contributed by atoms with Gasteiger partial charge in [0.05, 0.1) is 26.9 Å². The molecule has 2 rings (SSSR count). The van der Waals surface area contributed by atoms with Crippen molar-refractivity contribution in [2.75, 3.05) is 40.7 Å². The van der Waals surface area contributed by atoms with Gasteiger partial charge < -0.3 is 49.4 Å². The number of nitrogens with two attached hydrogens (primary N) is 1. The van der Waals surface area contributed by atoms with E-state index < -0.39 is 0 Å². The molecule has 2 aliphatic rings. The molecule has 8 nitrogen and oxygen atoms in total. The van der Waals surface area contributed by atoms with Crippen LogP contribution in [0.25, 0.3) is 0 Å². The average molecular weight is 383 g/mol. The third kappa shape index (κ3) is 2.99. The lowest BCUT2D eigenvalue weighted by molar-refractivity contribution is -0.696. The Hall–Kier alpha value is -0.910. The molecule has 1 atom stereocenters. The number of halogens is 1. The van der Waals surface area contributed by atoms with Gasteiger partial charge >= 0.3 is 11.9 Å². The summed E-state index contributed by atoms with van der Waals surface area (Å²) in [6.07, 6.45) is 0. The van der Waals surface area contributed by atoms with E-state index in [4.69, 9.17) is 15.6 Å². The van der Waals surface area contributed by atoms with Crippen LogP contribution in [0, 0.1) is 0 Å². The van der Waals surface area contributed by atoms with Crippen LogP contribution in [0.3, 0.4) is 0 Å². The van der Waals surface area contributed by atoms with Crippen molar-refractivity contribution in [1.82, 2.24) is 9.80 Å². The molecule has 0 saturated carbocycles. The molecule has 1 amide bonds. The monoisotopic (exact) mass is 383 g/mol. The van der Waals surface area contributed by atoms with E-state index in [0.29, 0.717) is 23.1 Å². The number of hydrogen-bond donors (Lipinski definition) is 3. The van der Waals surface area contributed by atoms with Crippen molar-refractivity contribution in [3.63, 3.8) is 0 Å². The molecule has 0 aromatic rings. The van der Waals surface area contributed by atoms with Crippen LogP contribution >= 0.6 is 0 Å². The molecule has 0 fully saturated rings. The van der Waals surface area contributed by atoms with Gasteiger partial charge in [-0.2, -0.15) is 4.99 Å². The second kappa shape index (κ2) is 6.50. The molecule has 0 bridgehead atoms. The van der Waals surface area contributed by atoms with Crippen LogP contribution < -0.4 is 34.6 Å². The minimum Gasteiger partial charge on any atom is -1.00 e. The number of likely N-dealkylation sites (N-methyl/N-ethyl adjacent to an activating group) is 2. The Bertz CT molecular complexity index is 425. The quantitative estimate of drug-likeness (QED) is 0.330. The highest BCUT2D eigenvalue weighted by Crippen LogP contribution is 2.23. The molecule has 2 aliphatic heterocycles. The molecule has 0 aliphatic carbocycles. The number of carbonyl (C=O) groups is 1. The van der Waals surface area contributed by atoms with Gasteiger partial charge in [0.2, 0.25) is 0 Å². The third-order valence-corrected chi connectivity index (χ3v) is 2.92. The van der Waals surface area contributed by atoms with Crippen LogP contribution in [0.2, 0.25) is 0 Å². The van der Waals surface area contributed by atoms with Gasteiger partial charge in [0.1, 0.15) is 6.73 Å². The first kappa shape index (κ1) is 16.1. The highest BCUT2D eigenvalue weighted by atomic mass is 127. The fourth-order valence-electron chi connectivity index (χ4n) is 1.95. The van der Waals surface area contributed by atoms with E-state index in [0.717, 1.165) is 0 Å². The number of hydrogen-bond acceptors (Lipinski definition) is 7. The van der Waals surface area contributed by atoms with Crippen LogP contribution in [-0.2, 0) is 9.53 Å². The highest BCUT2D eigenvalue weighted by molar-refractivity contribution is 5.96. The first-order valence-electron chi connectivity index (χ1n) is 5.68. The van der Waals surface area contributed by atoms with E-state index in [-0.39, 0.29) is 55.8 Å². The summed E-state index contributed by atoms with van der Waals surface area (Å²) >= 11 is 0. The zero-order chi connectivity index (χ0) is 13.3. The van der Waals surface area contributed by atoms with Gasteiger partial charge in [-0.05, 0) is 0 Å². The number of carbonyl (C=O) groups excluding carboxylic acids is 1. The Kier molecular flexibility index (Phi) is 5.52. The summed E-state index contributed by atoms with van der Waals surface area (Å²) in [4.78, 5) is 20.4. The molecule has 0 spiro atoms. The number of quaternary nitrogens is 1. The number of nitrogens with one attached hydrogen (secondary N) is 1. The van der Waals surface area contributed by atoms with Crippen molar-refractivity contribution in [1.29, 1.82) is 0 Å². The molecule has 0 aromatic heterocycles. The molecule has 0 radical (unpaired) electrons. The Labute approximate surface area is 128 Å². The minimum atomic E-state index is -0.0929. The molecule has 0 aromatic carbocycles. The van der Waals surface area contributed by atoms with E-state index >= 15 is 0 Å². The van der Waals surface area contributed by atoms with E-state index in [1.165, 1.54) is 0 Å². The molecule has 19 heavy (non-hydrogen) atoms. The summed E-state index contributed by atoms with van der Waals surface area (Å²) in [5.41, 5.74) is 6.27. The number of guanidine groups is 1. The number of amides is 1. The Morgan fingerprint density at radius 2 is 2.26 bits per heavy atom. The van der Waals surface area contributed by atoms with Gasteiger partial charge in [0.25, 0.3) is 0 Å². The van der Waals surface area contributed by atoms with Crippen LogP contribution in [-0.4, -0.2) is 67.5 Å². The molecule has 4 N–H and O–H groups in total. The third-order valence-electron chi connectivity index (χ3n) is 2.92. The standard InChI is InChI=1S/C10H17N5O3.HI/c1-13-5-15(6-18-4-3-16)8-7(13)9(17)14(2)10(11)12-8;/h16H,3-6H2,1-2H3,(H2,11,12);1H. The first-order valence-corrected chi connectivity index (χ1v) is 5.68. The van der Waals surface area contributed by atoms with Crippen molar-refractivity contribution in [2.45, 2.75) is 0 Å². The van der Waals surface area contributed by atoms with E-state index in [1.807, 2.05) is 16.8 Å². The zero-order valence-electron chi connectivity index (χ0n) is 10.9. The second-order valence-electron chi connectivity index (χ2n) is 4.26. The highest BCUT2D eigenvalue weighted by Gasteiger charge is 2.41. The molecule has 0 saturated heterocycles. The van der Waals surface area contributed by atoms with Crippen LogP contribution in [0.4, 0.5) is 0 Å². The predicted octanol–water partition coefficient (Wildman–Crippen LogP) is -6.30. The zero-order valence-corrected chi connectivity index (χ0v) is 13.0. The summed E-state index contributed by atoms with van der Waals surface area (Å²) in [6.45, 7) is 1.01. The lowest BCUT2D eigenvalue weighted by atomic mass is 10.3. The van der Waals surface area contributed by atoms with Crippen molar-refractivity contribution >= 4 is 11.9 Å². The summed E-state index contributed by atoms with van der Waals surface area (Å²) in [6, 6.07) is 0. The summed E-state index contributed by atoms with van der Waals surface area (Å²) in [5, 5.41) is 8.67. The summed E-state index contributed by atoms with van der Waals surface area (Å²) < 4.78 is 5.25. The molecular formula is C10H18IN5O3. The number of ether oxygens (including phenoxy) is 1. The van der Waals surface area contributed by atoms with Crippen molar-refractivity contribution in [3.05, 3.63) is 11.5 Å². The maximum atomic E-state index is 12.1. The molecule has 9 heteroatoms. The van der Waals surface area contributed by atoms with Crippen molar-refractivity contribution in [3.8, 4) is 0 Å². The fraction of sp³-hybridized carbons (Fsp3) is 0.600. The van der Waals surface area contributed by atoms with E-state index in [1.54, 1.807) is 7.05 Å². The fourth-order valence-corrected chi connectivity index (χ4v) is 1.95. The summed E-state index contributed by atoms with van der Waals surface area (Å²) in [5.74, 6) is 0.703. The van der Waals surface area contributed by atoms with E-state index in [9.17, 15) is 4.79 Å². The Morgan fingerprint density at radius 1 is 1.58 bits per heavy atom. The normalized spacial score (nSPS) is 22.4. The van der Waals surface area contributed by atoms with Crippen LogP contribution in [0.15, 0.2) is 16.5 Å². The van der Waals surface area contributed by atoms with Crippen LogP contribution in [0.5, 0.6) is 0 Å².